The SMILES string of the molecule is CC(C)[C@H](NS(=O)(=O)Cc1c(F)cccc1Cl)C(=O)O. The molecule has 8 heteroatoms. The van der Waals surface area contributed by atoms with Gasteiger partial charge in [-0.05, 0) is 18.1 Å². The van der Waals surface area contributed by atoms with Gasteiger partial charge in [-0.2, -0.15) is 0 Å². The van der Waals surface area contributed by atoms with Crippen LogP contribution in [0, 0.1) is 11.7 Å². The highest BCUT2D eigenvalue weighted by Gasteiger charge is 2.28. The fraction of sp³-hybridized carbons (Fsp3) is 0.417. The molecule has 0 saturated heterocycles. The van der Waals surface area contributed by atoms with Gasteiger partial charge in [-0.1, -0.05) is 31.5 Å². The molecule has 0 amide bonds. The lowest BCUT2D eigenvalue weighted by Crippen LogP contribution is -2.44. The van der Waals surface area contributed by atoms with Gasteiger partial charge in [0, 0.05) is 10.6 Å². The van der Waals surface area contributed by atoms with Crippen molar-refractivity contribution in [1.29, 1.82) is 0 Å². The van der Waals surface area contributed by atoms with Crippen molar-refractivity contribution in [2.75, 3.05) is 0 Å². The largest absolute Gasteiger partial charge is 0.480 e. The van der Waals surface area contributed by atoms with Crippen LogP contribution in [0.3, 0.4) is 0 Å². The van der Waals surface area contributed by atoms with Crippen molar-refractivity contribution in [2.45, 2.75) is 25.6 Å². The monoisotopic (exact) mass is 323 g/mol. The Morgan fingerprint density at radius 2 is 2.05 bits per heavy atom. The summed E-state index contributed by atoms with van der Waals surface area (Å²) in [5.41, 5.74) is -0.186. The van der Waals surface area contributed by atoms with Gasteiger partial charge in [-0.3, -0.25) is 4.79 Å². The molecule has 0 aliphatic heterocycles. The summed E-state index contributed by atoms with van der Waals surface area (Å²) >= 11 is 5.75. The van der Waals surface area contributed by atoms with Gasteiger partial charge in [0.1, 0.15) is 11.9 Å². The molecular weight excluding hydrogens is 309 g/mol. The number of carboxylic acid groups (broad SMARTS) is 1. The molecule has 0 saturated carbocycles. The van der Waals surface area contributed by atoms with E-state index in [0.717, 1.165) is 6.07 Å². The molecule has 0 aliphatic carbocycles. The van der Waals surface area contributed by atoms with E-state index in [1.165, 1.54) is 12.1 Å². The Bertz CT molecular complexity index is 583. The van der Waals surface area contributed by atoms with Crippen LogP contribution in [-0.4, -0.2) is 25.5 Å². The van der Waals surface area contributed by atoms with E-state index < -0.39 is 39.5 Å². The Labute approximate surface area is 121 Å². The highest BCUT2D eigenvalue weighted by Crippen LogP contribution is 2.21. The highest BCUT2D eigenvalue weighted by molar-refractivity contribution is 7.88. The first-order valence-corrected chi connectivity index (χ1v) is 7.83. The number of sulfonamides is 1. The van der Waals surface area contributed by atoms with Crippen LogP contribution >= 0.6 is 11.6 Å². The van der Waals surface area contributed by atoms with Crippen LogP contribution in [0.1, 0.15) is 19.4 Å². The van der Waals surface area contributed by atoms with E-state index in [0.29, 0.717) is 0 Å². The first-order chi connectivity index (χ1) is 9.14. The van der Waals surface area contributed by atoms with Crippen molar-refractivity contribution < 1.29 is 22.7 Å². The van der Waals surface area contributed by atoms with E-state index in [9.17, 15) is 17.6 Å². The van der Waals surface area contributed by atoms with Crippen molar-refractivity contribution in [3.8, 4) is 0 Å². The summed E-state index contributed by atoms with van der Waals surface area (Å²) in [6.07, 6.45) is 0. The van der Waals surface area contributed by atoms with Gasteiger partial charge in [0.2, 0.25) is 10.0 Å². The van der Waals surface area contributed by atoms with Crippen LogP contribution in [0.15, 0.2) is 18.2 Å². The lowest BCUT2D eigenvalue weighted by atomic mass is 10.1. The molecule has 20 heavy (non-hydrogen) atoms. The number of nitrogens with one attached hydrogen (secondary N) is 1. The number of carbonyl (C=O) groups is 1. The van der Waals surface area contributed by atoms with Crippen molar-refractivity contribution in [3.63, 3.8) is 0 Å². The highest BCUT2D eigenvalue weighted by atomic mass is 35.5. The Balaban J connectivity index is 2.98. The van der Waals surface area contributed by atoms with Gasteiger partial charge in [-0.15, -0.1) is 0 Å². The zero-order valence-corrected chi connectivity index (χ0v) is 12.5. The van der Waals surface area contributed by atoms with Gasteiger partial charge in [0.25, 0.3) is 0 Å². The number of aliphatic carboxylic acids is 1. The zero-order chi connectivity index (χ0) is 15.5. The molecule has 0 unspecified atom stereocenters. The molecule has 112 valence electrons. The molecule has 1 rings (SSSR count). The van der Waals surface area contributed by atoms with Gasteiger partial charge in [0.05, 0.1) is 5.75 Å². The van der Waals surface area contributed by atoms with Crippen LogP contribution in [0.2, 0.25) is 5.02 Å². The van der Waals surface area contributed by atoms with E-state index in [1.807, 2.05) is 4.72 Å². The Kier molecular flexibility index (Phi) is 5.50. The van der Waals surface area contributed by atoms with E-state index in [2.05, 4.69) is 0 Å². The van der Waals surface area contributed by atoms with E-state index in [-0.39, 0.29) is 10.6 Å². The summed E-state index contributed by atoms with van der Waals surface area (Å²) in [6, 6.07) is 2.54. The van der Waals surface area contributed by atoms with Crippen LogP contribution < -0.4 is 4.72 Å². The molecule has 0 aliphatic rings. The first kappa shape index (κ1) is 16.9. The lowest BCUT2D eigenvalue weighted by molar-refractivity contribution is -0.140. The third-order valence-electron chi connectivity index (χ3n) is 2.64. The standard InChI is InChI=1S/C12H15ClFNO4S/c1-7(2)11(12(16)17)15-20(18,19)6-8-9(13)4-3-5-10(8)14/h3-5,7,11,15H,6H2,1-2H3,(H,16,17)/t11-/m0/s1. The zero-order valence-electron chi connectivity index (χ0n) is 10.9. The quantitative estimate of drug-likeness (QED) is 0.838. The van der Waals surface area contributed by atoms with Crippen molar-refractivity contribution in [1.82, 2.24) is 4.72 Å². The van der Waals surface area contributed by atoms with E-state index >= 15 is 0 Å². The predicted octanol–water partition coefficient (Wildman–Crippen LogP) is 2.01. The number of halogens is 2. The van der Waals surface area contributed by atoms with Crippen molar-refractivity contribution in [3.05, 3.63) is 34.6 Å². The maximum atomic E-state index is 13.5. The number of benzene rings is 1. The fourth-order valence-electron chi connectivity index (χ4n) is 1.57. The van der Waals surface area contributed by atoms with Crippen LogP contribution in [0.25, 0.3) is 0 Å². The third kappa shape index (κ3) is 4.43. The van der Waals surface area contributed by atoms with Crippen LogP contribution in [0.5, 0.6) is 0 Å². The molecule has 1 aromatic carbocycles. The molecule has 1 atom stereocenters. The molecule has 0 spiro atoms. The van der Waals surface area contributed by atoms with Gasteiger partial charge >= 0.3 is 5.97 Å². The van der Waals surface area contributed by atoms with Crippen LogP contribution in [0.4, 0.5) is 4.39 Å². The maximum absolute atomic E-state index is 13.5. The molecule has 0 heterocycles. The summed E-state index contributed by atoms with van der Waals surface area (Å²) in [6.45, 7) is 3.13. The smallest absolute Gasteiger partial charge is 0.321 e. The molecular formula is C12H15ClFNO4S. The average Bonchev–Trinajstić information content (AvgIpc) is 2.30. The Morgan fingerprint density at radius 3 is 2.50 bits per heavy atom. The molecule has 0 aromatic heterocycles. The van der Waals surface area contributed by atoms with Gasteiger partial charge in [-0.25, -0.2) is 17.5 Å². The van der Waals surface area contributed by atoms with Crippen LogP contribution in [-0.2, 0) is 20.6 Å². The van der Waals surface area contributed by atoms with E-state index in [1.54, 1.807) is 13.8 Å². The lowest BCUT2D eigenvalue weighted by Gasteiger charge is -2.18. The first-order valence-electron chi connectivity index (χ1n) is 5.79. The topological polar surface area (TPSA) is 83.5 Å². The summed E-state index contributed by atoms with van der Waals surface area (Å²) < 4.78 is 39.4. The second-order valence-electron chi connectivity index (χ2n) is 4.64. The van der Waals surface area contributed by atoms with Crippen molar-refractivity contribution in [2.24, 2.45) is 5.92 Å². The van der Waals surface area contributed by atoms with Crippen molar-refractivity contribution >= 4 is 27.6 Å². The van der Waals surface area contributed by atoms with E-state index in [4.69, 9.17) is 16.7 Å². The predicted molar refractivity (Wildman–Crippen MR) is 73.4 cm³/mol. The minimum absolute atomic E-state index is 0.0215. The molecule has 1 aromatic rings. The molecule has 0 bridgehead atoms. The number of rotatable bonds is 6. The number of hydrogen-bond acceptors (Lipinski definition) is 3. The third-order valence-corrected chi connectivity index (χ3v) is 4.27. The second kappa shape index (κ2) is 6.51. The summed E-state index contributed by atoms with van der Waals surface area (Å²) in [7, 11) is -4.02. The van der Waals surface area contributed by atoms with Gasteiger partial charge < -0.3 is 5.11 Å². The minimum Gasteiger partial charge on any atom is -0.480 e. The Morgan fingerprint density at radius 1 is 1.45 bits per heavy atom. The fourth-order valence-corrected chi connectivity index (χ4v) is 3.39. The summed E-state index contributed by atoms with van der Waals surface area (Å²) in [4.78, 5) is 11.0. The minimum atomic E-state index is -4.02. The molecule has 0 radical (unpaired) electrons. The number of carboxylic acids is 1. The molecule has 5 nitrogen and oxygen atoms in total. The Hall–Kier alpha value is -1.18. The number of hydrogen-bond donors (Lipinski definition) is 2. The molecule has 2 N–H and O–H groups in total. The molecule has 0 fully saturated rings. The summed E-state index contributed by atoms with van der Waals surface area (Å²) in [5, 5.41) is 8.93. The second-order valence-corrected chi connectivity index (χ2v) is 6.80. The average molecular weight is 324 g/mol. The maximum Gasteiger partial charge on any atom is 0.321 e. The van der Waals surface area contributed by atoms with Gasteiger partial charge in [0.15, 0.2) is 0 Å². The normalized spacial score (nSPS) is 13.4. The summed E-state index contributed by atoms with van der Waals surface area (Å²) in [5.74, 6) is -3.20.